The van der Waals surface area contributed by atoms with Crippen molar-refractivity contribution in [1.29, 1.82) is 0 Å². The van der Waals surface area contributed by atoms with Gasteiger partial charge in [-0.3, -0.25) is 9.59 Å². The molecule has 0 radical (unpaired) electrons. The van der Waals surface area contributed by atoms with Crippen LogP contribution >= 0.6 is 0 Å². The molecule has 0 aromatic heterocycles. The lowest BCUT2D eigenvalue weighted by Crippen LogP contribution is -2.58. The summed E-state index contributed by atoms with van der Waals surface area (Å²) < 4.78 is 66.5. The number of likely N-dealkylation sites (tertiary alicyclic amines) is 1. The quantitative estimate of drug-likeness (QED) is 0.834. The molecule has 24 heavy (non-hydrogen) atoms. The second-order valence-corrected chi connectivity index (χ2v) is 5.61. The van der Waals surface area contributed by atoms with E-state index in [1.54, 1.807) is 0 Å². The first kappa shape index (κ1) is 18.2. The van der Waals surface area contributed by atoms with Crippen LogP contribution in [0.1, 0.15) is 30.1 Å². The summed E-state index contributed by atoms with van der Waals surface area (Å²) >= 11 is 0. The molecule has 1 aliphatic rings. The summed E-state index contributed by atoms with van der Waals surface area (Å²) in [6.45, 7) is 0.771. The predicted molar refractivity (Wildman–Crippen MR) is 74.1 cm³/mol. The van der Waals surface area contributed by atoms with Crippen molar-refractivity contribution in [2.24, 2.45) is 0 Å². The number of rotatable bonds is 2. The van der Waals surface area contributed by atoms with Crippen molar-refractivity contribution in [3.05, 3.63) is 35.4 Å². The highest BCUT2D eigenvalue weighted by Crippen LogP contribution is 2.33. The topological polar surface area (TPSA) is 49.4 Å². The number of carbonyl (C=O) groups is 2. The molecule has 0 bridgehead atoms. The van der Waals surface area contributed by atoms with Crippen molar-refractivity contribution in [3.8, 4) is 0 Å². The Morgan fingerprint density at radius 2 is 1.88 bits per heavy atom. The van der Waals surface area contributed by atoms with Crippen LogP contribution in [0, 0.1) is 11.6 Å². The van der Waals surface area contributed by atoms with Crippen molar-refractivity contribution in [2.45, 2.75) is 38.0 Å². The van der Waals surface area contributed by atoms with E-state index in [4.69, 9.17) is 0 Å². The lowest BCUT2D eigenvalue weighted by atomic mass is 9.96. The number of hydrogen-bond donors (Lipinski definition) is 1. The van der Waals surface area contributed by atoms with Crippen LogP contribution < -0.4 is 5.32 Å². The summed E-state index contributed by atoms with van der Waals surface area (Å²) in [7, 11) is 0. The van der Waals surface area contributed by atoms with Gasteiger partial charge in [0.15, 0.2) is 0 Å². The number of nitrogens with one attached hydrogen (secondary N) is 1. The average molecular weight is 350 g/mol. The van der Waals surface area contributed by atoms with E-state index in [9.17, 15) is 31.5 Å². The first-order valence-electron chi connectivity index (χ1n) is 7.19. The Kier molecular flexibility index (Phi) is 5.10. The van der Waals surface area contributed by atoms with Gasteiger partial charge in [-0.1, -0.05) is 0 Å². The Morgan fingerprint density at radius 3 is 2.46 bits per heavy atom. The summed E-state index contributed by atoms with van der Waals surface area (Å²) in [4.78, 5) is 23.9. The molecule has 1 aliphatic heterocycles. The molecule has 2 atom stereocenters. The minimum absolute atomic E-state index is 0.0270. The van der Waals surface area contributed by atoms with Crippen molar-refractivity contribution >= 4 is 11.8 Å². The molecule has 2 amide bonds. The van der Waals surface area contributed by atoms with Gasteiger partial charge in [0, 0.05) is 19.5 Å². The fourth-order valence-electron chi connectivity index (χ4n) is 2.76. The highest BCUT2D eigenvalue weighted by Gasteiger charge is 2.48. The van der Waals surface area contributed by atoms with Crippen molar-refractivity contribution in [3.63, 3.8) is 0 Å². The van der Waals surface area contributed by atoms with Gasteiger partial charge in [-0.2, -0.15) is 13.2 Å². The van der Waals surface area contributed by atoms with Crippen molar-refractivity contribution in [1.82, 2.24) is 10.2 Å². The lowest BCUT2D eigenvalue weighted by molar-refractivity contribution is -0.184. The van der Waals surface area contributed by atoms with Crippen LogP contribution in [0.2, 0.25) is 0 Å². The number of nitrogens with zero attached hydrogens (tertiary/aromatic N) is 1. The summed E-state index contributed by atoms with van der Waals surface area (Å²) in [6.07, 6.45) is -5.11. The number of benzene rings is 1. The highest BCUT2D eigenvalue weighted by molar-refractivity contribution is 5.95. The fourth-order valence-corrected chi connectivity index (χ4v) is 2.76. The molecule has 1 N–H and O–H groups in total. The standard InChI is InChI=1S/C15H15F5N2O2/c1-8(23)21-10-3-5-13(15(18,19)20)22(7-10)14(24)11-6-9(16)2-4-12(11)17/h2,4,6,10,13H,3,5,7H2,1H3,(H,21,23)/t10-,13+/m0/s1. The molecule has 1 fully saturated rings. The van der Waals surface area contributed by atoms with E-state index in [1.807, 2.05) is 0 Å². The third kappa shape index (κ3) is 4.01. The van der Waals surface area contributed by atoms with Gasteiger partial charge < -0.3 is 10.2 Å². The van der Waals surface area contributed by atoms with E-state index in [-0.39, 0.29) is 6.42 Å². The molecule has 1 aromatic rings. The average Bonchev–Trinajstić information content (AvgIpc) is 2.47. The summed E-state index contributed by atoms with van der Waals surface area (Å²) in [5.41, 5.74) is -0.771. The van der Waals surface area contributed by atoms with Crippen LogP contribution in [0.15, 0.2) is 18.2 Å². The second-order valence-electron chi connectivity index (χ2n) is 5.61. The van der Waals surface area contributed by atoms with Crippen molar-refractivity contribution < 1.29 is 31.5 Å². The predicted octanol–water partition coefficient (Wildman–Crippen LogP) is 2.64. The van der Waals surface area contributed by atoms with Crippen molar-refractivity contribution in [2.75, 3.05) is 6.54 Å². The molecular weight excluding hydrogens is 335 g/mol. The number of halogens is 5. The van der Waals surface area contributed by atoms with Crippen LogP contribution in [-0.2, 0) is 4.79 Å². The number of piperidine rings is 1. The van der Waals surface area contributed by atoms with Gasteiger partial charge in [-0.25, -0.2) is 8.78 Å². The van der Waals surface area contributed by atoms with Gasteiger partial charge in [-0.15, -0.1) is 0 Å². The highest BCUT2D eigenvalue weighted by atomic mass is 19.4. The van der Waals surface area contributed by atoms with Crippen LogP contribution in [0.3, 0.4) is 0 Å². The molecule has 2 rings (SSSR count). The third-order valence-corrected chi connectivity index (χ3v) is 3.79. The fraction of sp³-hybridized carbons (Fsp3) is 0.467. The van der Waals surface area contributed by atoms with E-state index >= 15 is 0 Å². The van der Waals surface area contributed by atoms with E-state index in [0.717, 1.165) is 6.07 Å². The zero-order valence-electron chi connectivity index (χ0n) is 12.7. The van der Waals surface area contributed by atoms with E-state index in [2.05, 4.69) is 5.32 Å². The molecule has 0 unspecified atom stereocenters. The van der Waals surface area contributed by atoms with Gasteiger partial charge >= 0.3 is 6.18 Å². The number of amides is 2. The van der Waals surface area contributed by atoms with E-state index in [1.165, 1.54) is 6.92 Å². The summed E-state index contributed by atoms with van der Waals surface area (Å²) in [6, 6.07) is -0.781. The monoisotopic (exact) mass is 350 g/mol. The first-order chi connectivity index (χ1) is 11.1. The number of carbonyl (C=O) groups excluding carboxylic acids is 2. The Bertz CT molecular complexity index is 647. The maximum Gasteiger partial charge on any atom is 0.408 e. The first-order valence-corrected chi connectivity index (χ1v) is 7.19. The Balaban J connectivity index is 2.33. The minimum atomic E-state index is -4.71. The molecule has 1 heterocycles. The number of alkyl halides is 3. The molecule has 1 aromatic carbocycles. The maximum atomic E-state index is 13.7. The van der Waals surface area contributed by atoms with Gasteiger partial charge in [-0.05, 0) is 31.0 Å². The molecule has 0 spiro atoms. The molecule has 0 saturated carbocycles. The summed E-state index contributed by atoms with van der Waals surface area (Å²) in [5, 5.41) is 2.45. The SMILES string of the molecule is CC(=O)N[C@H]1CC[C@H](C(F)(F)F)N(C(=O)c2cc(F)ccc2F)C1. The second kappa shape index (κ2) is 6.74. The Morgan fingerprint density at radius 1 is 1.21 bits per heavy atom. The molecule has 9 heteroatoms. The zero-order valence-corrected chi connectivity index (χ0v) is 12.7. The Labute approximate surface area is 134 Å². The van der Waals surface area contributed by atoms with Crippen LogP contribution in [0.4, 0.5) is 22.0 Å². The van der Waals surface area contributed by atoms with Gasteiger partial charge in [0.25, 0.3) is 5.91 Å². The van der Waals surface area contributed by atoms with Crippen LogP contribution in [0.5, 0.6) is 0 Å². The maximum absolute atomic E-state index is 13.7. The van der Waals surface area contributed by atoms with Gasteiger partial charge in [0.05, 0.1) is 5.56 Å². The third-order valence-electron chi connectivity index (χ3n) is 3.79. The Hall–Kier alpha value is -2.19. The zero-order chi connectivity index (χ0) is 18.1. The van der Waals surface area contributed by atoms with E-state index in [0.29, 0.717) is 17.0 Å². The van der Waals surface area contributed by atoms with Gasteiger partial charge in [0.1, 0.15) is 17.7 Å². The molecule has 132 valence electrons. The van der Waals surface area contributed by atoms with Crippen LogP contribution in [-0.4, -0.2) is 41.5 Å². The molecule has 1 saturated heterocycles. The normalized spacial score (nSPS) is 21.5. The largest absolute Gasteiger partial charge is 0.408 e. The van der Waals surface area contributed by atoms with Gasteiger partial charge in [0.2, 0.25) is 5.91 Å². The smallest absolute Gasteiger partial charge is 0.352 e. The molecular formula is C15H15F5N2O2. The lowest BCUT2D eigenvalue weighted by Gasteiger charge is -2.40. The van der Waals surface area contributed by atoms with Crippen LogP contribution in [0.25, 0.3) is 0 Å². The number of hydrogen-bond acceptors (Lipinski definition) is 2. The molecule has 4 nitrogen and oxygen atoms in total. The molecule has 0 aliphatic carbocycles. The summed E-state index contributed by atoms with van der Waals surface area (Å²) in [5.74, 6) is -3.75. The van der Waals surface area contributed by atoms with E-state index < -0.39 is 60.2 Å². The minimum Gasteiger partial charge on any atom is -0.352 e.